The van der Waals surface area contributed by atoms with E-state index >= 15 is 0 Å². The van der Waals surface area contributed by atoms with E-state index in [0.29, 0.717) is 202 Å². The second-order valence-electron chi connectivity index (χ2n) is 34.4. The lowest BCUT2D eigenvalue weighted by Gasteiger charge is -2.19. The SMILES string of the molecule is C.CC1=C(C)C(=O)C(CCCC2=NC=CC2)=C(C)C1=O.CC1=C(C)C(=O)C(CCCc2nc3cc(Cl)c(C)cc3o2)=C(C)C1=O.CC1=C(C)C(=O)C(CCCn2c(C)cc3ccccc32)=C(C)C1=O.CC1=C(C)C(=O)C(CCCn2ccc3ccccc32)=C(C)C1=O.CC1=C(C)C(=O)C(CCCn2cccc2)=C(C)C1=O.CC1=C(C)C(=O)C(CCCn2ccnc2)=C(C)C1=O. The summed E-state index contributed by atoms with van der Waals surface area (Å²) in [5.41, 5.74) is 22.0. The first-order valence-corrected chi connectivity index (χ1v) is 44.9. The number of aliphatic imine (C=N–C) groups is 1. The summed E-state index contributed by atoms with van der Waals surface area (Å²) in [6.45, 7) is 38.8. The summed E-state index contributed by atoms with van der Waals surface area (Å²) in [6, 6.07) is 28.5. The van der Waals surface area contributed by atoms with Crippen molar-refractivity contribution >= 4 is 120 Å². The third kappa shape index (κ3) is 23.1. The minimum atomic E-state index is -0.0286. The Bertz CT molecular complexity index is 6280. The Kier molecular flexibility index (Phi) is 35.0. The van der Waals surface area contributed by atoms with Crippen molar-refractivity contribution in [1.29, 1.82) is 0 Å². The first-order chi connectivity index (χ1) is 61.3. The van der Waals surface area contributed by atoms with E-state index in [1.807, 2.05) is 84.8 Å². The molecule has 0 radical (unpaired) electrons. The molecular formula is C109H124ClN7O13. The fourth-order valence-electron chi connectivity index (χ4n) is 17.0. The van der Waals surface area contributed by atoms with Gasteiger partial charge in [-0.25, -0.2) is 9.97 Å². The number of nitrogens with zero attached hydrogens (tertiary/aromatic N) is 7. The molecule has 1 aliphatic heterocycles. The molecule has 0 atom stereocenters. The van der Waals surface area contributed by atoms with Crippen molar-refractivity contribution in [3.63, 3.8) is 0 Å². The number of fused-ring (bicyclic) bond motifs is 3. The molecule has 0 saturated heterocycles. The van der Waals surface area contributed by atoms with Crippen molar-refractivity contribution in [3.8, 4) is 0 Å². The number of aryl methyl sites for hydroxylation is 7. The van der Waals surface area contributed by atoms with Crippen LogP contribution in [0, 0.1) is 13.8 Å². The van der Waals surface area contributed by atoms with E-state index in [1.54, 1.807) is 143 Å². The third-order valence-electron chi connectivity index (χ3n) is 26.2. The first kappa shape index (κ1) is 101. The zero-order valence-corrected chi connectivity index (χ0v) is 79.2. The number of para-hydroxylation sites is 2. The molecule has 0 amide bonds. The molecule has 21 heteroatoms. The predicted molar refractivity (Wildman–Crippen MR) is 517 cm³/mol. The highest BCUT2D eigenvalue weighted by atomic mass is 35.5. The standard InChI is InChI=1S/C21H23NO2.C20H20ClNO3.C20H21NO2.2C16H19NO2.C15H18N2O2.CH4/c1-13-12-17-8-5-6-10-19(17)22(13)11-7-9-18-16(4)20(23)14(2)15(3)21(18)24;1-10-8-17-16(9-15(10)21)22-18(25-17)7-5-6-14-13(4)19(23)11(2)12(3)20(14)24;1-13-14(2)20(23)17(15(3)19(13)22)8-6-11-21-12-10-16-7-4-5-9-18(16)21;1-10-11(2)16(19)14(12(3)15(10)18)8-4-6-13-7-5-9-17-13;1-11-12(2)16(19)14(13(3)15(11)18)7-6-10-17-8-4-5-9-17;1-10-11(2)15(19)13(12(3)14(10)18)5-4-7-17-8-6-16-9-17;/h5-6,8,10,12H,7,9,11H2,1-4H3;8-9H,5-7H2,1-4H3;4-5,7,9-10,12H,6,8,11H2,1-3H3;5,9H,4,6-8H2,1-3H3;4-5,8-9H,6-7,10H2,1-3H3;6,8-9H,4-5,7H2,1-3H3;1H4. The largest absolute Gasteiger partial charge is 0.441 e. The Balaban J connectivity index is 0.000000176. The normalized spacial score (nSPS) is 16.5. The van der Waals surface area contributed by atoms with Crippen LogP contribution in [0.1, 0.15) is 239 Å². The molecule has 20 nitrogen and oxygen atoms in total. The van der Waals surface area contributed by atoms with Crippen molar-refractivity contribution < 1.29 is 62.0 Å². The Morgan fingerprint density at radius 3 is 1.12 bits per heavy atom. The molecule has 0 fully saturated rings. The number of oxazole rings is 1. The van der Waals surface area contributed by atoms with Gasteiger partial charge in [-0.15, -0.1) is 0 Å². The lowest BCUT2D eigenvalue weighted by molar-refractivity contribution is -0.116. The summed E-state index contributed by atoms with van der Waals surface area (Å²) in [7, 11) is 0. The maximum absolute atomic E-state index is 12.5. The highest BCUT2D eigenvalue weighted by molar-refractivity contribution is 6.32. The monoisotopic (exact) mass is 1770 g/mol. The van der Waals surface area contributed by atoms with E-state index < -0.39 is 0 Å². The number of imidazole rings is 1. The minimum Gasteiger partial charge on any atom is -0.441 e. The summed E-state index contributed by atoms with van der Waals surface area (Å²) in [5.74, 6) is 0.851. The number of hydrogen-bond acceptors (Lipinski definition) is 16. The van der Waals surface area contributed by atoms with Gasteiger partial charge >= 0.3 is 0 Å². The van der Waals surface area contributed by atoms with Gasteiger partial charge in [0, 0.05) is 237 Å². The summed E-state index contributed by atoms with van der Waals surface area (Å²) >= 11 is 6.11. The van der Waals surface area contributed by atoms with E-state index in [4.69, 9.17) is 16.0 Å². The Morgan fingerprint density at radius 2 is 0.715 bits per heavy atom. The fourth-order valence-corrected chi connectivity index (χ4v) is 17.2. The Labute approximate surface area is 769 Å². The van der Waals surface area contributed by atoms with Crippen LogP contribution < -0.4 is 0 Å². The first-order valence-electron chi connectivity index (χ1n) is 44.5. The van der Waals surface area contributed by atoms with E-state index in [9.17, 15) is 57.5 Å². The highest BCUT2D eigenvalue weighted by Crippen LogP contribution is 2.36. The molecule has 7 aliphatic rings. The number of aromatic nitrogens is 6. The molecule has 0 unspecified atom stereocenters. The number of rotatable bonds is 24. The number of ketones is 12. The minimum absolute atomic E-state index is 0. The van der Waals surface area contributed by atoms with Crippen LogP contribution in [0.2, 0.25) is 5.02 Å². The zero-order chi connectivity index (χ0) is 94.3. The van der Waals surface area contributed by atoms with Crippen LogP contribution in [0.3, 0.4) is 0 Å². The van der Waals surface area contributed by atoms with E-state index in [1.165, 1.54) is 27.5 Å². The molecule has 6 heterocycles. The average Bonchev–Trinajstić information content (AvgIpc) is 1.30. The van der Waals surface area contributed by atoms with Crippen molar-refractivity contribution in [2.75, 3.05) is 0 Å². The zero-order valence-electron chi connectivity index (χ0n) is 78.5. The molecule has 0 spiro atoms. The Morgan fingerprint density at radius 1 is 0.346 bits per heavy atom. The van der Waals surface area contributed by atoms with Crippen LogP contribution in [-0.4, -0.2) is 103 Å². The molecule has 15 rings (SSSR count). The maximum atomic E-state index is 12.5. The van der Waals surface area contributed by atoms with Crippen molar-refractivity contribution in [2.24, 2.45) is 4.99 Å². The summed E-state index contributed by atoms with van der Waals surface area (Å²) in [4.78, 5) is 159. The molecule has 3 aromatic carbocycles. The quantitative estimate of drug-likeness (QED) is 0.0509. The van der Waals surface area contributed by atoms with Crippen LogP contribution in [0.15, 0.2) is 278 Å². The van der Waals surface area contributed by atoms with Gasteiger partial charge in [-0.3, -0.25) is 62.5 Å². The number of carbonyl (C=O) groups excluding carboxylic acids is 12. The van der Waals surface area contributed by atoms with Gasteiger partial charge in [0.1, 0.15) is 5.52 Å². The van der Waals surface area contributed by atoms with Crippen LogP contribution in [-0.2, 0) is 90.1 Å². The second kappa shape index (κ2) is 45.0. The van der Waals surface area contributed by atoms with Crippen molar-refractivity contribution in [2.45, 2.75) is 268 Å². The van der Waals surface area contributed by atoms with Crippen molar-refractivity contribution in [3.05, 3.63) is 290 Å². The average molecular weight is 1780 g/mol. The number of Topliss-reactive ketones (excluding diaryl/α,β-unsaturated/α-hetero) is 12. The van der Waals surface area contributed by atoms with Gasteiger partial charge in [-0.2, -0.15) is 0 Å². The summed E-state index contributed by atoms with van der Waals surface area (Å²) < 4.78 is 14.3. The van der Waals surface area contributed by atoms with Gasteiger partial charge in [0.05, 0.1) is 6.33 Å². The van der Waals surface area contributed by atoms with Crippen LogP contribution in [0.4, 0.5) is 0 Å². The molecule has 0 saturated carbocycles. The van der Waals surface area contributed by atoms with Crippen molar-refractivity contribution in [1.82, 2.24) is 28.2 Å². The van der Waals surface area contributed by atoms with Gasteiger partial charge in [-0.1, -0.05) is 61.5 Å². The summed E-state index contributed by atoms with van der Waals surface area (Å²) in [5, 5.41) is 3.13. The van der Waals surface area contributed by atoms with Crippen LogP contribution >= 0.6 is 11.6 Å². The summed E-state index contributed by atoms with van der Waals surface area (Å²) in [6.07, 6.45) is 26.5. The molecule has 8 aromatic rings. The molecule has 0 bridgehead atoms. The molecule has 680 valence electrons. The Hall–Kier alpha value is -12.7. The lowest BCUT2D eigenvalue weighted by atomic mass is 9.84. The van der Waals surface area contributed by atoms with Gasteiger partial charge in [0.25, 0.3) is 0 Å². The number of allylic oxidation sites excluding steroid dienone is 25. The second-order valence-corrected chi connectivity index (χ2v) is 34.8. The van der Waals surface area contributed by atoms with E-state index in [2.05, 4.69) is 78.2 Å². The molecule has 6 aliphatic carbocycles. The van der Waals surface area contributed by atoms with E-state index in [-0.39, 0.29) is 76.8 Å². The third-order valence-corrected chi connectivity index (χ3v) is 26.7. The van der Waals surface area contributed by atoms with E-state index in [0.717, 1.165) is 87.9 Å². The lowest BCUT2D eigenvalue weighted by Crippen LogP contribution is -2.21. The van der Waals surface area contributed by atoms with Gasteiger partial charge in [0.15, 0.2) is 80.9 Å². The smallest absolute Gasteiger partial charge is 0.195 e. The molecule has 5 aromatic heterocycles. The molecule has 130 heavy (non-hydrogen) atoms. The number of benzene rings is 3. The molecule has 0 N–H and O–H groups in total. The maximum Gasteiger partial charge on any atom is 0.195 e. The molecular weight excluding hydrogens is 1650 g/mol. The topological polar surface area (TPSA) is 276 Å². The number of hydrogen-bond donors (Lipinski definition) is 0. The van der Waals surface area contributed by atoms with Gasteiger partial charge in [0.2, 0.25) is 0 Å². The fraction of sp³-hybridized carbons (Fsp3) is 0.367. The number of carbonyl (C=O) groups is 12. The predicted octanol–water partition coefficient (Wildman–Crippen LogP) is 23.2. The van der Waals surface area contributed by atoms with Gasteiger partial charge < -0.3 is 22.7 Å². The van der Waals surface area contributed by atoms with Gasteiger partial charge in [-0.05, 0) is 287 Å². The highest BCUT2D eigenvalue weighted by Gasteiger charge is 2.34. The number of halogens is 1. The van der Waals surface area contributed by atoms with Crippen LogP contribution in [0.25, 0.3) is 32.9 Å². The van der Waals surface area contributed by atoms with Crippen LogP contribution in [0.5, 0.6) is 0 Å².